The number of hydrogen-bond acceptors (Lipinski definition) is 3. The molecule has 1 aromatic rings. The Balaban J connectivity index is 2.00. The van der Waals surface area contributed by atoms with Gasteiger partial charge in [0.2, 0.25) is 0 Å². The van der Waals surface area contributed by atoms with Crippen LogP contribution in [-0.4, -0.2) is 22.8 Å². The molecule has 4 nitrogen and oxygen atoms in total. The Bertz CT molecular complexity index is 586. The molecule has 1 atom stereocenters. The summed E-state index contributed by atoms with van der Waals surface area (Å²) in [4.78, 5) is 25.1. The number of carbonyl (C=O) groups excluding carboxylic acids is 2. The van der Waals surface area contributed by atoms with Crippen LogP contribution in [0.15, 0.2) is 30.4 Å². The number of fused-ring (bicyclic) bond motifs is 1. The van der Waals surface area contributed by atoms with E-state index in [-0.39, 0.29) is 24.0 Å². The lowest BCUT2D eigenvalue weighted by Gasteiger charge is -2.25. The Labute approximate surface area is 118 Å². The maximum Gasteiger partial charge on any atom is 0.254 e. The van der Waals surface area contributed by atoms with E-state index in [2.05, 4.69) is 0 Å². The van der Waals surface area contributed by atoms with E-state index in [4.69, 9.17) is 4.74 Å². The number of rotatable bonds is 3. The summed E-state index contributed by atoms with van der Waals surface area (Å²) in [6.45, 7) is 3.94. The smallest absolute Gasteiger partial charge is 0.254 e. The molecular formula is C16H17NO3. The van der Waals surface area contributed by atoms with Crippen LogP contribution in [0.2, 0.25) is 0 Å². The third-order valence-corrected chi connectivity index (χ3v) is 3.69. The predicted octanol–water partition coefficient (Wildman–Crippen LogP) is 2.39. The Kier molecular flexibility index (Phi) is 3.08. The minimum atomic E-state index is -0.229. The minimum absolute atomic E-state index is 0.0610. The number of nitrogens with zero attached hydrogens (tertiary/aromatic N) is 1. The van der Waals surface area contributed by atoms with Crippen LogP contribution >= 0.6 is 0 Å². The average Bonchev–Trinajstić information content (AvgIpc) is 2.94. The monoisotopic (exact) mass is 271 g/mol. The van der Waals surface area contributed by atoms with E-state index in [1.54, 1.807) is 0 Å². The lowest BCUT2D eigenvalue weighted by Crippen LogP contribution is -2.33. The molecular weight excluding hydrogens is 254 g/mol. The lowest BCUT2D eigenvalue weighted by atomic mass is 10.1. The number of imide groups is 1. The molecule has 104 valence electrons. The van der Waals surface area contributed by atoms with Crippen molar-refractivity contribution in [2.75, 3.05) is 0 Å². The van der Waals surface area contributed by atoms with Crippen molar-refractivity contribution in [3.05, 3.63) is 41.5 Å². The number of benzene rings is 1. The summed E-state index contributed by atoms with van der Waals surface area (Å²) in [5.41, 5.74) is 2.16. The molecule has 2 amide bonds. The minimum Gasteiger partial charge on any atom is -0.491 e. The molecule has 1 aromatic carbocycles. The highest BCUT2D eigenvalue weighted by Crippen LogP contribution is 2.42. The second-order valence-corrected chi connectivity index (χ2v) is 5.43. The molecule has 0 aromatic heterocycles. The van der Waals surface area contributed by atoms with E-state index in [1.165, 1.54) is 22.6 Å². The van der Waals surface area contributed by atoms with E-state index in [9.17, 15) is 9.59 Å². The van der Waals surface area contributed by atoms with Gasteiger partial charge in [0, 0.05) is 17.7 Å². The van der Waals surface area contributed by atoms with Gasteiger partial charge in [-0.05, 0) is 38.3 Å². The molecule has 0 saturated heterocycles. The molecule has 1 heterocycles. The zero-order valence-corrected chi connectivity index (χ0v) is 11.6. The topological polar surface area (TPSA) is 46.6 Å². The van der Waals surface area contributed by atoms with Gasteiger partial charge >= 0.3 is 0 Å². The van der Waals surface area contributed by atoms with Crippen molar-refractivity contribution >= 4 is 11.8 Å². The van der Waals surface area contributed by atoms with E-state index in [1.807, 2.05) is 32.0 Å². The van der Waals surface area contributed by atoms with Gasteiger partial charge in [0.25, 0.3) is 11.8 Å². The second kappa shape index (κ2) is 4.78. The summed E-state index contributed by atoms with van der Waals surface area (Å²) in [7, 11) is 0. The van der Waals surface area contributed by atoms with Crippen molar-refractivity contribution in [2.45, 2.75) is 38.8 Å². The summed E-state index contributed by atoms with van der Waals surface area (Å²) in [5, 5.41) is 0. The first-order valence-electron chi connectivity index (χ1n) is 6.91. The fourth-order valence-electron chi connectivity index (χ4n) is 2.96. The van der Waals surface area contributed by atoms with Gasteiger partial charge in [0.05, 0.1) is 12.1 Å². The molecule has 0 saturated carbocycles. The maximum absolute atomic E-state index is 11.9. The van der Waals surface area contributed by atoms with Gasteiger partial charge in [-0.2, -0.15) is 0 Å². The van der Waals surface area contributed by atoms with E-state index in [0.717, 1.165) is 24.2 Å². The predicted molar refractivity (Wildman–Crippen MR) is 74.3 cm³/mol. The van der Waals surface area contributed by atoms with Crippen molar-refractivity contribution in [1.29, 1.82) is 0 Å². The first-order chi connectivity index (χ1) is 9.58. The Morgan fingerprint density at radius 1 is 1.20 bits per heavy atom. The van der Waals surface area contributed by atoms with Crippen molar-refractivity contribution in [2.24, 2.45) is 0 Å². The molecule has 0 bridgehead atoms. The molecule has 3 rings (SSSR count). The lowest BCUT2D eigenvalue weighted by molar-refractivity contribution is -0.139. The van der Waals surface area contributed by atoms with Crippen LogP contribution in [-0.2, 0) is 16.0 Å². The highest BCUT2D eigenvalue weighted by molar-refractivity contribution is 6.13. The van der Waals surface area contributed by atoms with E-state index >= 15 is 0 Å². The molecule has 0 N–H and O–H groups in total. The third-order valence-electron chi connectivity index (χ3n) is 3.69. The largest absolute Gasteiger partial charge is 0.491 e. The summed E-state index contributed by atoms with van der Waals surface area (Å²) < 4.78 is 5.85. The van der Waals surface area contributed by atoms with Crippen LogP contribution in [0.5, 0.6) is 5.75 Å². The summed E-state index contributed by atoms with van der Waals surface area (Å²) >= 11 is 0. The standard InChI is InChI=1S/C16H17NO3/c1-10(2)20-13-5-3-4-11-6-7-12(16(11)13)17-14(18)8-9-15(17)19/h3-5,8-10,12H,6-7H2,1-2H3/t12-/m0/s1. The van der Waals surface area contributed by atoms with E-state index < -0.39 is 0 Å². The van der Waals surface area contributed by atoms with Gasteiger partial charge < -0.3 is 4.74 Å². The molecule has 20 heavy (non-hydrogen) atoms. The molecule has 0 fully saturated rings. The summed E-state index contributed by atoms with van der Waals surface area (Å²) in [6, 6.07) is 5.72. The van der Waals surface area contributed by atoms with E-state index in [0.29, 0.717) is 0 Å². The molecule has 0 radical (unpaired) electrons. The summed E-state index contributed by atoms with van der Waals surface area (Å²) in [6.07, 6.45) is 4.38. The van der Waals surface area contributed by atoms with Crippen LogP contribution in [0.1, 0.15) is 37.4 Å². The van der Waals surface area contributed by atoms with Crippen LogP contribution in [0.25, 0.3) is 0 Å². The molecule has 0 unspecified atom stereocenters. The van der Waals surface area contributed by atoms with Crippen LogP contribution in [0.3, 0.4) is 0 Å². The zero-order valence-electron chi connectivity index (χ0n) is 11.6. The highest BCUT2D eigenvalue weighted by Gasteiger charge is 2.38. The second-order valence-electron chi connectivity index (χ2n) is 5.43. The number of carbonyl (C=O) groups is 2. The average molecular weight is 271 g/mol. The molecule has 0 spiro atoms. The highest BCUT2D eigenvalue weighted by atomic mass is 16.5. The molecule has 1 aliphatic heterocycles. The van der Waals surface area contributed by atoms with Gasteiger partial charge in [-0.3, -0.25) is 14.5 Å². The number of aryl methyl sites for hydroxylation is 1. The van der Waals surface area contributed by atoms with Crippen LogP contribution in [0.4, 0.5) is 0 Å². The first kappa shape index (κ1) is 12.9. The van der Waals surface area contributed by atoms with Crippen LogP contribution in [0, 0.1) is 0 Å². The first-order valence-corrected chi connectivity index (χ1v) is 6.91. The normalized spacial score (nSPS) is 20.9. The zero-order chi connectivity index (χ0) is 14.3. The van der Waals surface area contributed by atoms with Crippen molar-refractivity contribution in [3.63, 3.8) is 0 Å². The van der Waals surface area contributed by atoms with Gasteiger partial charge in [0.15, 0.2) is 0 Å². The SMILES string of the molecule is CC(C)Oc1cccc2c1[C@@H](N1C(=O)C=CC1=O)CC2. The quantitative estimate of drug-likeness (QED) is 0.793. The van der Waals surface area contributed by atoms with Gasteiger partial charge in [-0.25, -0.2) is 0 Å². The fourth-order valence-corrected chi connectivity index (χ4v) is 2.96. The number of amides is 2. The van der Waals surface area contributed by atoms with Crippen molar-refractivity contribution < 1.29 is 14.3 Å². The fraction of sp³-hybridized carbons (Fsp3) is 0.375. The molecule has 4 heteroatoms. The van der Waals surface area contributed by atoms with Gasteiger partial charge in [-0.15, -0.1) is 0 Å². The third kappa shape index (κ3) is 2.01. The molecule has 1 aliphatic carbocycles. The van der Waals surface area contributed by atoms with Crippen molar-refractivity contribution in [3.8, 4) is 5.75 Å². The van der Waals surface area contributed by atoms with Gasteiger partial charge in [-0.1, -0.05) is 12.1 Å². The van der Waals surface area contributed by atoms with Gasteiger partial charge in [0.1, 0.15) is 5.75 Å². The summed E-state index contributed by atoms with van der Waals surface area (Å²) in [5.74, 6) is 0.326. The number of ether oxygens (including phenoxy) is 1. The Hall–Kier alpha value is -2.10. The van der Waals surface area contributed by atoms with Crippen molar-refractivity contribution in [1.82, 2.24) is 4.90 Å². The molecule has 2 aliphatic rings. The number of hydrogen-bond donors (Lipinski definition) is 0. The Morgan fingerprint density at radius 3 is 2.55 bits per heavy atom. The maximum atomic E-state index is 11.9. The Morgan fingerprint density at radius 2 is 1.90 bits per heavy atom. The van der Waals surface area contributed by atoms with Crippen LogP contribution < -0.4 is 4.74 Å².